The van der Waals surface area contributed by atoms with Crippen molar-refractivity contribution in [3.8, 4) is 11.3 Å². The van der Waals surface area contributed by atoms with Gasteiger partial charge in [0, 0.05) is 24.5 Å². The summed E-state index contributed by atoms with van der Waals surface area (Å²) < 4.78 is 28.2. The Morgan fingerprint density at radius 2 is 1.97 bits per heavy atom. The molecule has 0 saturated heterocycles. The van der Waals surface area contributed by atoms with Crippen LogP contribution < -0.4 is 4.31 Å². The van der Waals surface area contributed by atoms with Crippen molar-refractivity contribution in [3.63, 3.8) is 0 Å². The maximum Gasteiger partial charge on any atom is 0.234 e. The number of hydrogen-bond acceptors (Lipinski definition) is 5. The average molecular weight is 439 g/mol. The zero-order valence-corrected chi connectivity index (χ0v) is 18.5. The zero-order valence-electron chi connectivity index (χ0n) is 16.9. The second-order valence-electron chi connectivity index (χ2n) is 7.45. The summed E-state index contributed by atoms with van der Waals surface area (Å²) >= 11 is 1.63. The Morgan fingerprint density at radius 3 is 2.77 bits per heavy atom. The second-order valence-corrected chi connectivity index (χ2v) is 10.6. The number of aromatic nitrogens is 3. The Labute approximate surface area is 179 Å². The van der Waals surface area contributed by atoms with Crippen molar-refractivity contribution in [1.82, 2.24) is 14.5 Å². The normalized spacial score (nSPS) is 13.9. The van der Waals surface area contributed by atoms with Gasteiger partial charge in [0.25, 0.3) is 0 Å². The van der Waals surface area contributed by atoms with Gasteiger partial charge in [-0.15, -0.1) is 11.3 Å². The van der Waals surface area contributed by atoms with E-state index in [2.05, 4.69) is 22.1 Å². The van der Waals surface area contributed by atoms with Crippen molar-refractivity contribution in [2.24, 2.45) is 7.05 Å². The molecule has 0 unspecified atom stereocenters. The van der Waals surface area contributed by atoms with Crippen LogP contribution in [-0.4, -0.2) is 35.3 Å². The van der Waals surface area contributed by atoms with Crippen LogP contribution in [0.25, 0.3) is 22.3 Å². The van der Waals surface area contributed by atoms with Crippen molar-refractivity contribution in [2.75, 3.05) is 16.6 Å². The summed E-state index contributed by atoms with van der Waals surface area (Å²) in [6.07, 6.45) is 1.42. The summed E-state index contributed by atoms with van der Waals surface area (Å²) in [6, 6.07) is 14.1. The zero-order chi connectivity index (χ0) is 20.9. The summed E-state index contributed by atoms with van der Waals surface area (Å²) in [5, 5.41) is 3.08. The molecule has 2 aromatic carbocycles. The van der Waals surface area contributed by atoms with Gasteiger partial charge in [0.1, 0.15) is 10.8 Å². The van der Waals surface area contributed by atoms with E-state index in [0.29, 0.717) is 13.0 Å². The van der Waals surface area contributed by atoms with Gasteiger partial charge in [-0.2, -0.15) is 0 Å². The topological polar surface area (TPSA) is 68.1 Å². The highest BCUT2D eigenvalue weighted by molar-refractivity contribution is 7.92. The predicted octanol–water partition coefficient (Wildman–Crippen LogP) is 4.00. The highest BCUT2D eigenvalue weighted by atomic mass is 32.2. The first-order chi connectivity index (χ1) is 14.5. The number of benzene rings is 2. The number of fused-ring (bicyclic) bond motifs is 2. The van der Waals surface area contributed by atoms with Crippen molar-refractivity contribution in [3.05, 3.63) is 64.2 Å². The minimum atomic E-state index is -3.22. The Balaban J connectivity index is 1.41. The average Bonchev–Trinajstić information content (AvgIpc) is 3.46. The van der Waals surface area contributed by atoms with Gasteiger partial charge in [0.15, 0.2) is 0 Å². The SMILES string of the molecule is CCS(=O)(=O)N1CCc2cc(-c3csc(Cc4nc5ccccc5n4C)n3)ccc21. The van der Waals surface area contributed by atoms with Gasteiger partial charge in [-0.1, -0.05) is 18.2 Å². The maximum absolute atomic E-state index is 12.3. The van der Waals surface area contributed by atoms with E-state index in [9.17, 15) is 8.42 Å². The number of imidazole rings is 1. The first-order valence-electron chi connectivity index (χ1n) is 9.94. The molecule has 5 rings (SSSR count). The molecule has 3 heterocycles. The molecule has 0 atom stereocenters. The molecule has 2 aromatic heterocycles. The third-order valence-corrected chi connectivity index (χ3v) is 8.30. The molecule has 0 N–H and O–H groups in total. The Morgan fingerprint density at radius 1 is 1.13 bits per heavy atom. The molecular weight excluding hydrogens is 416 g/mol. The summed E-state index contributed by atoms with van der Waals surface area (Å²) in [4.78, 5) is 9.57. The minimum absolute atomic E-state index is 0.117. The van der Waals surface area contributed by atoms with E-state index < -0.39 is 10.0 Å². The lowest BCUT2D eigenvalue weighted by Gasteiger charge is -2.18. The van der Waals surface area contributed by atoms with Crippen LogP contribution in [0.15, 0.2) is 47.8 Å². The van der Waals surface area contributed by atoms with Gasteiger partial charge in [0.05, 0.1) is 34.6 Å². The number of sulfonamides is 1. The monoisotopic (exact) mass is 438 g/mol. The van der Waals surface area contributed by atoms with E-state index in [4.69, 9.17) is 9.97 Å². The largest absolute Gasteiger partial charge is 0.331 e. The summed E-state index contributed by atoms with van der Waals surface area (Å²) in [5.74, 6) is 1.11. The lowest BCUT2D eigenvalue weighted by molar-refractivity contribution is 0.593. The molecule has 30 heavy (non-hydrogen) atoms. The number of hydrogen-bond donors (Lipinski definition) is 0. The van der Waals surface area contributed by atoms with Crippen LogP contribution in [-0.2, 0) is 29.9 Å². The fourth-order valence-corrected chi connectivity index (χ4v) is 5.95. The summed E-state index contributed by atoms with van der Waals surface area (Å²) in [5.41, 5.74) is 5.93. The van der Waals surface area contributed by atoms with Gasteiger partial charge < -0.3 is 4.57 Å². The van der Waals surface area contributed by atoms with Crippen molar-refractivity contribution in [2.45, 2.75) is 19.8 Å². The number of rotatable bonds is 5. The molecule has 6 nitrogen and oxygen atoms in total. The minimum Gasteiger partial charge on any atom is -0.331 e. The molecule has 0 amide bonds. The Bertz CT molecular complexity index is 1350. The highest BCUT2D eigenvalue weighted by Crippen LogP contribution is 2.34. The summed E-state index contributed by atoms with van der Waals surface area (Å²) in [7, 11) is -1.19. The predicted molar refractivity (Wildman–Crippen MR) is 122 cm³/mol. The first-order valence-corrected chi connectivity index (χ1v) is 12.4. The number of para-hydroxylation sites is 2. The van der Waals surface area contributed by atoms with Crippen LogP contribution in [0.4, 0.5) is 5.69 Å². The van der Waals surface area contributed by atoms with Crippen LogP contribution in [0.3, 0.4) is 0 Å². The van der Waals surface area contributed by atoms with Crippen LogP contribution >= 0.6 is 11.3 Å². The molecule has 4 aromatic rings. The van der Waals surface area contributed by atoms with Gasteiger partial charge in [-0.25, -0.2) is 18.4 Å². The van der Waals surface area contributed by atoms with E-state index >= 15 is 0 Å². The van der Waals surface area contributed by atoms with Crippen molar-refractivity contribution < 1.29 is 8.42 Å². The van der Waals surface area contributed by atoms with Gasteiger partial charge in [-0.3, -0.25) is 4.31 Å². The molecule has 8 heteroatoms. The third-order valence-electron chi connectivity index (χ3n) is 5.67. The van der Waals surface area contributed by atoms with E-state index in [1.54, 1.807) is 18.3 Å². The fourth-order valence-electron chi connectivity index (χ4n) is 3.99. The molecular formula is C22H22N4O2S2. The molecule has 154 valence electrons. The standard InChI is InChI=1S/C22H22N4O2S2/c1-3-30(27,28)26-11-10-16-12-15(8-9-19(16)26)18-14-29-22(24-18)13-21-23-17-6-4-5-7-20(17)25(21)2/h4-9,12,14H,3,10-11,13H2,1-2H3. The van der Waals surface area contributed by atoms with Crippen LogP contribution in [0.5, 0.6) is 0 Å². The Hall–Kier alpha value is -2.71. The lowest BCUT2D eigenvalue weighted by Crippen LogP contribution is -2.30. The van der Waals surface area contributed by atoms with Crippen LogP contribution in [0.1, 0.15) is 23.3 Å². The first kappa shape index (κ1) is 19.3. The molecule has 0 saturated carbocycles. The molecule has 0 spiro atoms. The highest BCUT2D eigenvalue weighted by Gasteiger charge is 2.28. The van der Waals surface area contributed by atoms with E-state index in [1.165, 1.54) is 4.31 Å². The Kier molecular flexibility index (Phi) is 4.63. The van der Waals surface area contributed by atoms with Crippen LogP contribution in [0, 0.1) is 0 Å². The summed E-state index contributed by atoms with van der Waals surface area (Å²) in [6.45, 7) is 2.20. The van der Waals surface area contributed by atoms with Gasteiger partial charge in [0.2, 0.25) is 10.0 Å². The quantitative estimate of drug-likeness (QED) is 0.472. The third kappa shape index (κ3) is 3.20. The van der Waals surface area contributed by atoms with Gasteiger partial charge >= 0.3 is 0 Å². The van der Waals surface area contributed by atoms with Crippen molar-refractivity contribution in [1.29, 1.82) is 0 Å². The molecule has 1 aliphatic heterocycles. The van der Waals surface area contributed by atoms with E-state index in [-0.39, 0.29) is 5.75 Å². The van der Waals surface area contributed by atoms with Gasteiger partial charge in [-0.05, 0) is 43.2 Å². The number of aryl methyl sites for hydroxylation is 1. The fraction of sp³-hybridized carbons (Fsp3) is 0.273. The molecule has 1 aliphatic rings. The second kappa shape index (κ2) is 7.21. The maximum atomic E-state index is 12.3. The number of thiazole rings is 1. The smallest absolute Gasteiger partial charge is 0.234 e. The van der Waals surface area contributed by atoms with Crippen molar-refractivity contribution >= 4 is 38.1 Å². The van der Waals surface area contributed by atoms with E-state index in [1.807, 2.05) is 37.4 Å². The number of anilines is 1. The van der Waals surface area contributed by atoms with Crippen LogP contribution in [0.2, 0.25) is 0 Å². The number of nitrogens with zero attached hydrogens (tertiary/aromatic N) is 4. The molecule has 0 radical (unpaired) electrons. The lowest BCUT2D eigenvalue weighted by atomic mass is 10.1. The van der Waals surface area contributed by atoms with E-state index in [0.717, 1.165) is 50.8 Å². The molecule has 0 fully saturated rings. The molecule has 0 aliphatic carbocycles. The molecule has 0 bridgehead atoms.